The lowest BCUT2D eigenvalue weighted by Crippen LogP contribution is -2.29. The number of rotatable bonds is 6. The molecule has 3 rings (SSSR count). The topological polar surface area (TPSA) is 78.4 Å². The Labute approximate surface area is 140 Å². The minimum absolute atomic E-state index is 0.106. The molecule has 124 valence electrons. The van der Waals surface area contributed by atoms with Gasteiger partial charge in [-0.3, -0.25) is 9.59 Å². The van der Waals surface area contributed by atoms with E-state index in [0.29, 0.717) is 41.9 Å². The molecule has 1 atom stereocenters. The Morgan fingerprint density at radius 2 is 1.54 bits per heavy atom. The van der Waals surface area contributed by atoms with Gasteiger partial charge in [-0.25, -0.2) is 0 Å². The van der Waals surface area contributed by atoms with Crippen LogP contribution in [0.5, 0.6) is 0 Å². The second kappa shape index (κ2) is 6.95. The van der Waals surface area contributed by atoms with E-state index < -0.39 is 0 Å². The monoisotopic (exact) mass is 324 g/mol. The van der Waals surface area contributed by atoms with E-state index in [2.05, 4.69) is 10.6 Å². The lowest BCUT2D eigenvalue weighted by molar-refractivity contribution is 0.0979. The number of nitrogens with one attached hydrogen (secondary N) is 2. The predicted molar refractivity (Wildman–Crippen MR) is 92.8 cm³/mol. The highest BCUT2D eigenvalue weighted by molar-refractivity contribution is 6.28. The summed E-state index contributed by atoms with van der Waals surface area (Å²) in [6.45, 7) is 3.61. The summed E-state index contributed by atoms with van der Waals surface area (Å²) >= 11 is 0. The van der Waals surface area contributed by atoms with E-state index in [1.807, 2.05) is 6.07 Å². The number of aliphatic hydroxyl groups is 1. The van der Waals surface area contributed by atoms with Gasteiger partial charge in [-0.05, 0) is 25.1 Å². The first kappa shape index (κ1) is 16.4. The van der Waals surface area contributed by atoms with Gasteiger partial charge in [0.25, 0.3) is 0 Å². The number of aliphatic hydroxyl groups excluding tert-OH is 1. The average molecular weight is 324 g/mol. The minimum Gasteiger partial charge on any atom is -0.392 e. The first-order chi connectivity index (χ1) is 11.6. The van der Waals surface area contributed by atoms with Gasteiger partial charge in [-0.15, -0.1) is 0 Å². The van der Waals surface area contributed by atoms with Gasteiger partial charge < -0.3 is 15.7 Å². The Hall–Kier alpha value is -2.50. The summed E-state index contributed by atoms with van der Waals surface area (Å²) in [5, 5.41) is 15.5. The quantitative estimate of drug-likeness (QED) is 0.603. The number of fused-ring (bicyclic) bond motifs is 2. The number of hydrogen-bond donors (Lipinski definition) is 3. The predicted octanol–water partition coefficient (Wildman–Crippen LogP) is 1.84. The molecule has 0 saturated heterocycles. The zero-order valence-corrected chi connectivity index (χ0v) is 13.5. The first-order valence-corrected chi connectivity index (χ1v) is 8.03. The summed E-state index contributed by atoms with van der Waals surface area (Å²) in [5.41, 5.74) is 2.63. The highest BCUT2D eigenvalue weighted by Gasteiger charge is 2.29. The van der Waals surface area contributed by atoms with E-state index in [0.717, 1.165) is 5.69 Å². The molecule has 2 aromatic carbocycles. The van der Waals surface area contributed by atoms with Crippen molar-refractivity contribution in [2.75, 3.05) is 25.0 Å². The highest BCUT2D eigenvalue weighted by atomic mass is 16.3. The second-order valence-corrected chi connectivity index (χ2v) is 5.94. The van der Waals surface area contributed by atoms with Gasteiger partial charge in [0.1, 0.15) is 0 Å². The van der Waals surface area contributed by atoms with E-state index in [4.69, 9.17) is 0 Å². The Morgan fingerprint density at radius 3 is 2.21 bits per heavy atom. The van der Waals surface area contributed by atoms with Crippen LogP contribution in [0.25, 0.3) is 0 Å². The van der Waals surface area contributed by atoms with E-state index in [9.17, 15) is 14.7 Å². The lowest BCUT2D eigenvalue weighted by Gasteiger charge is -2.18. The van der Waals surface area contributed by atoms with Gasteiger partial charge in [-0.1, -0.05) is 24.3 Å². The standard InChI is InChI=1S/C19H20N2O3/c1-12(22)11-20-8-9-21-13-6-7-16-17(10-13)19(24)15-5-3-2-4-14(15)18(16)23/h2-7,10,12,20-22H,8-9,11H2,1H3. The number of hydrogen-bond acceptors (Lipinski definition) is 5. The maximum atomic E-state index is 12.6. The Kier molecular flexibility index (Phi) is 4.74. The van der Waals surface area contributed by atoms with Gasteiger partial charge in [0.2, 0.25) is 0 Å². The van der Waals surface area contributed by atoms with E-state index >= 15 is 0 Å². The second-order valence-electron chi connectivity index (χ2n) is 5.94. The van der Waals surface area contributed by atoms with Crippen LogP contribution in [0.15, 0.2) is 42.5 Å². The molecule has 5 nitrogen and oxygen atoms in total. The van der Waals surface area contributed by atoms with Crippen LogP contribution in [0.4, 0.5) is 5.69 Å². The highest BCUT2D eigenvalue weighted by Crippen LogP contribution is 2.28. The zero-order valence-electron chi connectivity index (χ0n) is 13.5. The van der Waals surface area contributed by atoms with Crippen LogP contribution >= 0.6 is 0 Å². The van der Waals surface area contributed by atoms with Crippen molar-refractivity contribution < 1.29 is 14.7 Å². The Morgan fingerprint density at radius 1 is 0.917 bits per heavy atom. The van der Waals surface area contributed by atoms with Crippen LogP contribution < -0.4 is 10.6 Å². The Balaban J connectivity index is 1.74. The van der Waals surface area contributed by atoms with Crippen LogP contribution in [-0.4, -0.2) is 42.4 Å². The largest absolute Gasteiger partial charge is 0.392 e. The van der Waals surface area contributed by atoms with Crippen LogP contribution in [0.1, 0.15) is 38.8 Å². The van der Waals surface area contributed by atoms with Crippen molar-refractivity contribution in [2.45, 2.75) is 13.0 Å². The summed E-state index contributed by atoms with van der Waals surface area (Å²) in [5.74, 6) is -0.221. The third kappa shape index (κ3) is 3.22. The van der Waals surface area contributed by atoms with Gasteiger partial charge in [0, 0.05) is 47.6 Å². The maximum Gasteiger partial charge on any atom is 0.194 e. The molecule has 0 heterocycles. The zero-order chi connectivity index (χ0) is 17.1. The molecule has 1 unspecified atom stereocenters. The van der Waals surface area contributed by atoms with Crippen molar-refractivity contribution in [2.24, 2.45) is 0 Å². The van der Waals surface area contributed by atoms with Crippen molar-refractivity contribution in [3.63, 3.8) is 0 Å². The van der Waals surface area contributed by atoms with Crippen molar-refractivity contribution in [1.82, 2.24) is 5.32 Å². The maximum absolute atomic E-state index is 12.6. The summed E-state index contributed by atoms with van der Waals surface area (Å²) in [6, 6.07) is 12.2. The number of anilines is 1. The van der Waals surface area contributed by atoms with Crippen LogP contribution in [0.2, 0.25) is 0 Å². The summed E-state index contributed by atoms with van der Waals surface area (Å²) in [4.78, 5) is 25.2. The molecule has 0 aliphatic heterocycles. The van der Waals surface area contributed by atoms with Crippen LogP contribution in [-0.2, 0) is 0 Å². The van der Waals surface area contributed by atoms with E-state index in [1.165, 1.54) is 0 Å². The summed E-state index contributed by atoms with van der Waals surface area (Å²) in [7, 11) is 0. The van der Waals surface area contributed by atoms with Gasteiger partial charge in [0.05, 0.1) is 6.10 Å². The van der Waals surface area contributed by atoms with Crippen molar-refractivity contribution in [1.29, 1.82) is 0 Å². The molecule has 1 aliphatic carbocycles. The molecule has 0 bridgehead atoms. The summed E-state index contributed by atoms with van der Waals surface area (Å²) < 4.78 is 0. The number of carbonyl (C=O) groups is 2. The third-order valence-electron chi connectivity index (χ3n) is 4.00. The SMILES string of the molecule is CC(O)CNCCNc1ccc2c(c1)C(=O)c1ccccc1C2=O. The molecule has 0 fully saturated rings. The van der Waals surface area contributed by atoms with Crippen LogP contribution in [0, 0.1) is 0 Å². The fourth-order valence-electron chi connectivity index (χ4n) is 2.82. The molecule has 5 heteroatoms. The first-order valence-electron chi connectivity index (χ1n) is 8.03. The van der Waals surface area contributed by atoms with Crippen LogP contribution in [0.3, 0.4) is 0 Å². The smallest absolute Gasteiger partial charge is 0.194 e. The fraction of sp³-hybridized carbons (Fsp3) is 0.263. The number of benzene rings is 2. The van der Waals surface area contributed by atoms with Crippen molar-refractivity contribution in [3.8, 4) is 0 Å². The molecule has 0 amide bonds. The number of carbonyl (C=O) groups excluding carboxylic acids is 2. The molecule has 0 saturated carbocycles. The minimum atomic E-state index is -0.377. The van der Waals surface area contributed by atoms with Crippen molar-refractivity contribution >= 4 is 17.3 Å². The molecular weight excluding hydrogens is 304 g/mol. The summed E-state index contributed by atoms with van der Waals surface area (Å²) in [6.07, 6.45) is -0.377. The van der Waals surface area contributed by atoms with Gasteiger partial charge in [-0.2, -0.15) is 0 Å². The molecule has 0 radical (unpaired) electrons. The third-order valence-corrected chi connectivity index (χ3v) is 4.00. The van der Waals surface area contributed by atoms with Crippen molar-refractivity contribution in [3.05, 3.63) is 64.7 Å². The van der Waals surface area contributed by atoms with Gasteiger partial charge >= 0.3 is 0 Å². The number of ketones is 2. The molecule has 3 N–H and O–H groups in total. The average Bonchev–Trinajstić information content (AvgIpc) is 2.59. The molecular formula is C19H20N2O3. The normalized spacial score (nSPS) is 14.1. The lowest BCUT2D eigenvalue weighted by atomic mass is 9.84. The van der Waals surface area contributed by atoms with E-state index in [1.54, 1.807) is 43.3 Å². The van der Waals surface area contributed by atoms with Gasteiger partial charge in [0.15, 0.2) is 11.6 Å². The molecule has 0 aromatic heterocycles. The fourth-order valence-corrected chi connectivity index (χ4v) is 2.82. The molecule has 2 aromatic rings. The van der Waals surface area contributed by atoms with E-state index in [-0.39, 0.29) is 17.7 Å². The molecule has 24 heavy (non-hydrogen) atoms. The Bertz CT molecular complexity index is 784. The molecule has 1 aliphatic rings. The molecule has 0 spiro atoms.